The van der Waals surface area contributed by atoms with Crippen molar-refractivity contribution in [2.75, 3.05) is 6.54 Å². The van der Waals surface area contributed by atoms with Crippen molar-refractivity contribution in [2.45, 2.75) is 110 Å². The zero-order valence-electron chi connectivity index (χ0n) is 25.5. The Bertz CT molecular complexity index is 965. The van der Waals surface area contributed by atoms with E-state index in [1.54, 1.807) is 6.92 Å². The number of amides is 4. The molecule has 42 heavy (non-hydrogen) atoms. The van der Waals surface area contributed by atoms with Crippen LogP contribution >= 0.6 is 0 Å². The molecule has 0 aliphatic rings. The van der Waals surface area contributed by atoms with Crippen molar-refractivity contribution in [1.29, 1.82) is 0 Å². The Balaban J connectivity index is 5.82. The van der Waals surface area contributed by atoms with E-state index in [2.05, 4.69) is 16.0 Å². The number of rotatable bonds is 21. The maximum Gasteiger partial charge on any atom is 0.237 e. The Morgan fingerprint density at radius 1 is 0.738 bits per heavy atom. The van der Waals surface area contributed by atoms with E-state index >= 15 is 0 Å². The largest absolute Gasteiger partial charge is 0.393 e. The number of hydrogen-bond acceptors (Lipinski definition) is 10. The minimum atomic E-state index is -1.34. The Labute approximate surface area is 247 Å². The number of aliphatic hydroxyl groups is 2. The maximum absolute atomic E-state index is 13.3. The molecule has 0 heterocycles. The van der Waals surface area contributed by atoms with Gasteiger partial charge < -0.3 is 37.6 Å². The third-order valence-electron chi connectivity index (χ3n) is 6.74. The van der Waals surface area contributed by atoms with Crippen LogP contribution in [0.4, 0.5) is 0 Å². The average molecular weight is 600 g/mol. The summed E-state index contributed by atoms with van der Waals surface area (Å²) in [5.41, 5.74) is 10.7. The molecule has 0 aromatic rings. The van der Waals surface area contributed by atoms with E-state index in [4.69, 9.17) is 11.5 Å². The number of primary amides is 1. The normalized spacial score (nSPS) is 16.2. The number of Topliss-reactive ketones (excluding diaryl/α,β-unsaturated/α-hetero) is 3. The third-order valence-corrected chi connectivity index (χ3v) is 6.74. The molecule has 0 bridgehead atoms. The van der Waals surface area contributed by atoms with Gasteiger partial charge in [0, 0.05) is 25.7 Å². The maximum atomic E-state index is 13.3. The molecule has 0 rings (SSSR count). The fourth-order valence-corrected chi connectivity index (χ4v) is 4.05. The summed E-state index contributed by atoms with van der Waals surface area (Å²) in [6.45, 7) is 9.04. The van der Waals surface area contributed by atoms with Crippen LogP contribution in [0.1, 0.15) is 80.1 Å². The molecule has 7 atom stereocenters. The smallest absolute Gasteiger partial charge is 0.237 e. The Morgan fingerprint density at radius 2 is 1.21 bits per heavy atom. The Kier molecular flexibility index (Phi) is 17.6. The summed E-state index contributed by atoms with van der Waals surface area (Å²) in [6.07, 6.45) is -3.52. The molecule has 0 aliphatic heterocycles. The molecular weight excluding hydrogens is 550 g/mol. The molecule has 9 N–H and O–H groups in total. The van der Waals surface area contributed by atoms with Crippen LogP contribution in [0.2, 0.25) is 0 Å². The Morgan fingerprint density at radius 3 is 1.64 bits per heavy atom. The van der Waals surface area contributed by atoms with E-state index in [9.17, 15) is 43.8 Å². The quantitative estimate of drug-likeness (QED) is 0.0814. The monoisotopic (exact) mass is 599 g/mol. The number of hydrogen-bond donors (Lipinski definition) is 7. The van der Waals surface area contributed by atoms with Gasteiger partial charge in [-0.05, 0) is 39.5 Å². The number of carbonyl (C=O) groups excluding carboxylic acids is 7. The molecule has 0 fully saturated rings. The van der Waals surface area contributed by atoms with E-state index in [-0.39, 0.29) is 43.9 Å². The standard InChI is InChI=1S/C28H49N5O9/c1-7-18(36)13-31-27(41)19(16(5)34)11-24(38)22(10-14(2)3)33-28(42)20(17(6)35)12-23(37)21(8-9-25(30)39)32-26(40)15(4)29/h14-17,19-22,34-35H,7-13,29H2,1-6H3,(H2,30,39)(H,31,41)(H,32,40)(H,33,42)/t15-,16?,17?,19-,20-,21-,22-/m0/s1. The van der Waals surface area contributed by atoms with Crippen LogP contribution in [-0.4, -0.2) is 88.1 Å². The molecule has 0 radical (unpaired) electrons. The molecule has 0 saturated heterocycles. The molecule has 4 amide bonds. The molecule has 0 aromatic heterocycles. The second-order valence-corrected chi connectivity index (χ2v) is 11.2. The van der Waals surface area contributed by atoms with Gasteiger partial charge >= 0.3 is 0 Å². The second-order valence-electron chi connectivity index (χ2n) is 11.2. The highest BCUT2D eigenvalue weighted by Crippen LogP contribution is 2.18. The zero-order chi connectivity index (χ0) is 32.7. The Hall–Kier alpha value is -3.23. The van der Waals surface area contributed by atoms with Crippen LogP contribution in [0.5, 0.6) is 0 Å². The molecule has 2 unspecified atom stereocenters. The number of ketones is 3. The van der Waals surface area contributed by atoms with Gasteiger partial charge in [-0.2, -0.15) is 0 Å². The lowest BCUT2D eigenvalue weighted by molar-refractivity contribution is -0.138. The van der Waals surface area contributed by atoms with Crippen LogP contribution in [0.15, 0.2) is 0 Å². The minimum Gasteiger partial charge on any atom is -0.393 e. The highest BCUT2D eigenvalue weighted by atomic mass is 16.3. The average Bonchev–Trinajstić information content (AvgIpc) is 2.89. The van der Waals surface area contributed by atoms with E-state index in [1.165, 1.54) is 20.8 Å². The van der Waals surface area contributed by atoms with Crippen LogP contribution in [-0.2, 0) is 33.6 Å². The molecular formula is C28H49N5O9. The van der Waals surface area contributed by atoms with Gasteiger partial charge in [-0.25, -0.2) is 0 Å². The summed E-state index contributed by atoms with van der Waals surface area (Å²) < 4.78 is 0. The first-order valence-electron chi connectivity index (χ1n) is 14.3. The lowest BCUT2D eigenvalue weighted by Gasteiger charge is -2.27. The highest BCUT2D eigenvalue weighted by molar-refractivity contribution is 5.96. The number of carbonyl (C=O) groups is 7. The number of nitrogens with one attached hydrogen (secondary N) is 3. The van der Waals surface area contributed by atoms with Gasteiger partial charge in [-0.1, -0.05) is 20.8 Å². The lowest BCUT2D eigenvalue weighted by Crippen LogP contribution is -2.51. The fraction of sp³-hybridized carbons (Fsp3) is 0.750. The molecule has 14 nitrogen and oxygen atoms in total. The van der Waals surface area contributed by atoms with Crippen LogP contribution < -0.4 is 27.4 Å². The van der Waals surface area contributed by atoms with Crippen LogP contribution in [0, 0.1) is 17.8 Å². The van der Waals surface area contributed by atoms with Crippen LogP contribution in [0.3, 0.4) is 0 Å². The van der Waals surface area contributed by atoms with Crippen molar-refractivity contribution in [3.05, 3.63) is 0 Å². The third kappa shape index (κ3) is 14.6. The van der Waals surface area contributed by atoms with Gasteiger partial charge in [0.2, 0.25) is 23.6 Å². The van der Waals surface area contributed by atoms with Crippen molar-refractivity contribution in [3.63, 3.8) is 0 Å². The van der Waals surface area contributed by atoms with Gasteiger partial charge in [0.05, 0.1) is 48.7 Å². The minimum absolute atomic E-state index is 0.0847. The first-order valence-corrected chi connectivity index (χ1v) is 14.3. The van der Waals surface area contributed by atoms with E-state index in [1.807, 2.05) is 13.8 Å². The molecule has 0 spiro atoms. The lowest BCUT2D eigenvalue weighted by atomic mass is 9.88. The van der Waals surface area contributed by atoms with Crippen molar-refractivity contribution in [1.82, 2.24) is 16.0 Å². The van der Waals surface area contributed by atoms with Gasteiger partial charge in [0.15, 0.2) is 17.3 Å². The highest BCUT2D eigenvalue weighted by Gasteiger charge is 2.35. The summed E-state index contributed by atoms with van der Waals surface area (Å²) in [7, 11) is 0. The predicted molar refractivity (Wildman–Crippen MR) is 153 cm³/mol. The molecule has 240 valence electrons. The topological polar surface area (TPSA) is 248 Å². The number of nitrogens with two attached hydrogens (primary N) is 2. The predicted octanol–water partition coefficient (Wildman–Crippen LogP) is -1.38. The molecule has 0 saturated carbocycles. The van der Waals surface area contributed by atoms with Crippen LogP contribution in [0.25, 0.3) is 0 Å². The summed E-state index contributed by atoms with van der Waals surface area (Å²) in [4.78, 5) is 87.2. The van der Waals surface area contributed by atoms with Crippen molar-refractivity contribution in [3.8, 4) is 0 Å². The molecule has 14 heteroatoms. The van der Waals surface area contributed by atoms with Gasteiger partial charge in [-0.3, -0.25) is 33.6 Å². The van der Waals surface area contributed by atoms with Gasteiger partial charge in [0.25, 0.3) is 0 Å². The van der Waals surface area contributed by atoms with Gasteiger partial charge in [0.1, 0.15) is 0 Å². The first kappa shape index (κ1) is 38.8. The number of aliphatic hydroxyl groups excluding tert-OH is 2. The second kappa shape index (κ2) is 19.1. The summed E-state index contributed by atoms with van der Waals surface area (Å²) in [6, 6.07) is -3.25. The SMILES string of the molecule is CCC(=O)CNC(=O)[C@@H](CC(=O)[C@H](CC(C)C)NC(=O)[C@@H](CC(=O)[C@H](CCC(N)=O)NC(=O)[C@H](C)N)C(C)O)C(C)O. The molecule has 0 aromatic carbocycles. The summed E-state index contributed by atoms with van der Waals surface area (Å²) in [5.74, 6) is -6.87. The van der Waals surface area contributed by atoms with E-state index < -0.39 is 90.2 Å². The van der Waals surface area contributed by atoms with E-state index in [0.29, 0.717) is 0 Å². The zero-order valence-corrected chi connectivity index (χ0v) is 25.5. The van der Waals surface area contributed by atoms with Crippen molar-refractivity contribution < 1.29 is 43.8 Å². The van der Waals surface area contributed by atoms with Crippen molar-refractivity contribution >= 4 is 41.0 Å². The summed E-state index contributed by atoms with van der Waals surface area (Å²) in [5, 5.41) is 27.9. The van der Waals surface area contributed by atoms with Crippen molar-refractivity contribution in [2.24, 2.45) is 29.2 Å². The fourth-order valence-electron chi connectivity index (χ4n) is 4.05. The summed E-state index contributed by atoms with van der Waals surface area (Å²) >= 11 is 0. The first-order chi connectivity index (χ1) is 19.4. The van der Waals surface area contributed by atoms with Gasteiger partial charge in [-0.15, -0.1) is 0 Å². The van der Waals surface area contributed by atoms with E-state index in [0.717, 1.165) is 0 Å². The molecule has 0 aliphatic carbocycles.